The van der Waals surface area contributed by atoms with Gasteiger partial charge in [-0.25, -0.2) is 0 Å². The lowest BCUT2D eigenvalue weighted by atomic mass is 9.90. The molecule has 0 saturated carbocycles. The molecule has 0 saturated heterocycles. The van der Waals surface area contributed by atoms with Gasteiger partial charge in [-0.15, -0.1) is 0 Å². The molecule has 0 spiro atoms. The van der Waals surface area contributed by atoms with E-state index < -0.39 is 12.0 Å². The van der Waals surface area contributed by atoms with Gasteiger partial charge < -0.3 is 20.7 Å². The number of halogens is 1. The van der Waals surface area contributed by atoms with E-state index in [-0.39, 0.29) is 16.9 Å². The van der Waals surface area contributed by atoms with E-state index in [9.17, 15) is 9.59 Å². The summed E-state index contributed by atoms with van der Waals surface area (Å²) in [4.78, 5) is 25.8. The normalized spacial score (nSPS) is 11.3. The molecule has 1 atom stereocenters. The van der Waals surface area contributed by atoms with Gasteiger partial charge in [-0.05, 0) is 66.7 Å². The number of carbonyl (C=O) groups excluding carboxylic acids is 2. The van der Waals surface area contributed by atoms with Crippen LogP contribution in [-0.4, -0.2) is 23.0 Å². The van der Waals surface area contributed by atoms with Crippen LogP contribution in [-0.2, 0) is 9.59 Å². The molecule has 0 radical (unpaired) electrons. The predicted molar refractivity (Wildman–Crippen MR) is 156 cm³/mol. The summed E-state index contributed by atoms with van der Waals surface area (Å²) in [5.74, 6) is -0.629. The molecule has 0 aliphatic heterocycles. The van der Waals surface area contributed by atoms with Crippen molar-refractivity contribution in [3.63, 3.8) is 0 Å². The SMILES string of the molecule is CC(Oc1ccccc1Cl)C(=O)Nc1ccc(NC(=S)NC(=O)C(c2ccccc2)c2ccccc2)cc1. The zero-order chi connectivity index (χ0) is 26.9. The van der Waals surface area contributed by atoms with Crippen LogP contribution in [0.15, 0.2) is 109 Å². The Bertz CT molecular complexity index is 1360. The first kappa shape index (κ1) is 26.9. The number of benzene rings is 4. The molecule has 0 fully saturated rings. The van der Waals surface area contributed by atoms with E-state index in [0.717, 1.165) is 11.1 Å². The summed E-state index contributed by atoms with van der Waals surface area (Å²) in [6.07, 6.45) is -0.752. The number of anilines is 2. The number of ether oxygens (including phenoxy) is 1. The fourth-order valence-electron chi connectivity index (χ4n) is 3.80. The molecule has 0 heterocycles. The summed E-state index contributed by atoms with van der Waals surface area (Å²) in [5, 5.41) is 9.23. The molecule has 1 unspecified atom stereocenters. The fourth-order valence-corrected chi connectivity index (χ4v) is 4.20. The van der Waals surface area contributed by atoms with Gasteiger partial charge >= 0.3 is 0 Å². The van der Waals surface area contributed by atoms with Crippen molar-refractivity contribution in [1.82, 2.24) is 5.32 Å². The molecular formula is C30H26ClN3O3S. The van der Waals surface area contributed by atoms with E-state index >= 15 is 0 Å². The largest absolute Gasteiger partial charge is 0.479 e. The van der Waals surface area contributed by atoms with Crippen molar-refractivity contribution in [3.8, 4) is 5.75 Å². The van der Waals surface area contributed by atoms with E-state index in [0.29, 0.717) is 22.1 Å². The van der Waals surface area contributed by atoms with Crippen molar-refractivity contribution in [2.75, 3.05) is 10.6 Å². The maximum Gasteiger partial charge on any atom is 0.265 e. The topological polar surface area (TPSA) is 79.5 Å². The summed E-state index contributed by atoms with van der Waals surface area (Å²) < 4.78 is 5.66. The third-order valence-corrected chi connectivity index (χ3v) is 6.20. The van der Waals surface area contributed by atoms with Gasteiger partial charge in [0.1, 0.15) is 5.75 Å². The summed E-state index contributed by atoms with van der Waals surface area (Å²) in [6.45, 7) is 1.65. The van der Waals surface area contributed by atoms with Crippen molar-refractivity contribution in [2.45, 2.75) is 18.9 Å². The number of hydrogen-bond acceptors (Lipinski definition) is 4. The quantitative estimate of drug-likeness (QED) is 0.224. The number of nitrogens with one attached hydrogen (secondary N) is 3. The second-order valence-corrected chi connectivity index (χ2v) is 9.27. The van der Waals surface area contributed by atoms with Gasteiger partial charge in [0.15, 0.2) is 11.2 Å². The number of carbonyl (C=O) groups is 2. The summed E-state index contributed by atoms with van der Waals surface area (Å²) in [7, 11) is 0. The number of hydrogen-bond donors (Lipinski definition) is 3. The molecule has 2 amide bonds. The minimum atomic E-state index is -0.752. The van der Waals surface area contributed by atoms with Crippen LogP contribution in [0.3, 0.4) is 0 Å². The Morgan fingerprint density at radius 2 is 1.21 bits per heavy atom. The van der Waals surface area contributed by atoms with Crippen molar-refractivity contribution < 1.29 is 14.3 Å². The highest BCUT2D eigenvalue weighted by atomic mass is 35.5. The monoisotopic (exact) mass is 543 g/mol. The van der Waals surface area contributed by atoms with E-state index in [2.05, 4.69) is 16.0 Å². The molecule has 0 bridgehead atoms. The molecule has 192 valence electrons. The predicted octanol–water partition coefficient (Wildman–Crippen LogP) is 6.39. The lowest BCUT2D eigenvalue weighted by molar-refractivity contribution is -0.122. The van der Waals surface area contributed by atoms with Gasteiger partial charge in [-0.2, -0.15) is 0 Å². The zero-order valence-corrected chi connectivity index (χ0v) is 22.1. The van der Waals surface area contributed by atoms with Crippen molar-refractivity contribution in [3.05, 3.63) is 125 Å². The van der Waals surface area contributed by atoms with Crippen LogP contribution in [0, 0.1) is 0 Å². The number of para-hydroxylation sites is 1. The summed E-state index contributed by atoms with van der Waals surface area (Å²) in [5.41, 5.74) is 2.97. The van der Waals surface area contributed by atoms with Gasteiger partial charge in [-0.3, -0.25) is 9.59 Å². The minimum Gasteiger partial charge on any atom is -0.479 e. The lowest BCUT2D eigenvalue weighted by Gasteiger charge is -2.19. The smallest absolute Gasteiger partial charge is 0.265 e. The summed E-state index contributed by atoms with van der Waals surface area (Å²) in [6, 6.07) is 33.0. The number of amides is 2. The number of thiocarbonyl (C=S) groups is 1. The van der Waals surface area contributed by atoms with Crippen LogP contribution >= 0.6 is 23.8 Å². The second-order valence-electron chi connectivity index (χ2n) is 8.45. The van der Waals surface area contributed by atoms with Crippen LogP contribution in [0.1, 0.15) is 24.0 Å². The Kier molecular flexibility index (Phi) is 9.08. The van der Waals surface area contributed by atoms with Crippen LogP contribution in [0.5, 0.6) is 5.75 Å². The minimum absolute atomic E-state index is 0.172. The molecule has 4 rings (SSSR count). The Morgan fingerprint density at radius 3 is 1.76 bits per heavy atom. The van der Waals surface area contributed by atoms with Crippen molar-refractivity contribution >= 4 is 52.1 Å². The average Bonchev–Trinajstić information content (AvgIpc) is 2.92. The Labute approximate surface area is 232 Å². The van der Waals surface area contributed by atoms with Crippen LogP contribution in [0.25, 0.3) is 0 Å². The Hall–Kier alpha value is -4.20. The van der Waals surface area contributed by atoms with Gasteiger partial charge in [0.25, 0.3) is 5.91 Å². The summed E-state index contributed by atoms with van der Waals surface area (Å²) >= 11 is 11.5. The van der Waals surface area contributed by atoms with Crippen LogP contribution in [0.2, 0.25) is 5.02 Å². The van der Waals surface area contributed by atoms with Gasteiger partial charge in [0.05, 0.1) is 10.9 Å². The molecule has 6 nitrogen and oxygen atoms in total. The molecule has 38 heavy (non-hydrogen) atoms. The maximum atomic E-state index is 13.2. The molecule has 0 aliphatic rings. The zero-order valence-electron chi connectivity index (χ0n) is 20.6. The average molecular weight is 544 g/mol. The molecule has 4 aromatic carbocycles. The Morgan fingerprint density at radius 1 is 0.711 bits per heavy atom. The maximum absolute atomic E-state index is 13.2. The highest BCUT2D eigenvalue weighted by Gasteiger charge is 2.23. The third kappa shape index (κ3) is 7.18. The highest BCUT2D eigenvalue weighted by Crippen LogP contribution is 2.26. The number of rotatable bonds is 8. The van der Waals surface area contributed by atoms with Gasteiger partial charge in [0, 0.05) is 11.4 Å². The van der Waals surface area contributed by atoms with E-state index in [1.165, 1.54) is 0 Å². The van der Waals surface area contributed by atoms with Crippen molar-refractivity contribution in [2.24, 2.45) is 0 Å². The standard InChI is InChI=1S/C30H26ClN3O3S/c1-20(37-26-15-9-8-14-25(26)31)28(35)32-23-16-18-24(19-17-23)33-30(38)34-29(36)27(21-10-4-2-5-11-21)22-12-6-3-7-13-22/h2-20,27H,1H3,(H,32,35)(H2,33,34,36,38). The molecular weight excluding hydrogens is 518 g/mol. The Balaban J connectivity index is 1.34. The first-order valence-corrected chi connectivity index (χ1v) is 12.7. The second kappa shape index (κ2) is 12.9. The van der Waals surface area contributed by atoms with Gasteiger partial charge in [0.2, 0.25) is 5.91 Å². The fraction of sp³-hybridized carbons (Fsp3) is 0.100. The molecule has 4 aromatic rings. The highest BCUT2D eigenvalue weighted by molar-refractivity contribution is 7.80. The van der Waals surface area contributed by atoms with Crippen LogP contribution in [0.4, 0.5) is 11.4 Å². The first-order chi connectivity index (χ1) is 18.4. The molecule has 0 aliphatic carbocycles. The molecule has 0 aromatic heterocycles. The van der Waals surface area contributed by atoms with E-state index in [1.807, 2.05) is 60.7 Å². The first-order valence-electron chi connectivity index (χ1n) is 11.9. The lowest BCUT2D eigenvalue weighted by Crippen LogP contribution is -2.37. The van der Waals surface area contributed by atoms with E-state index in [1.54, 1.807) is 55.5 Å². The third-order valence-electron chi connectivity index (χ3n) is 5.68. The van der Waals surface area contributed by atoms with Crippen molar-refractivity contribution in [1.29, 1.82) is 0 Å². The molecule has 3 N–H and O–H groups in total. The van der Waals surface area contributed by atoms with E-state index in [4.69, 9.17) is 28.6 Å². The van der Waals surface area contributed by atoms with Crippen LogP contribution < -0.4 is 20.7 Å². The molecule has 8 heteroatoms. The van der Waals surface area contributed by atoms with Gasteiger partial charge in [-0.1, -0.05) is 84.4 Å².